The van der Waals surface area contributed by atoms with E-state index in [4.69, 9.17) is 0 Å². The number of hydrazine groups is 1. The molecule has 0 amide bonds. The van der Waals surface area contributed by atoms with E-state index in [1.54, 1.807) is 0 Å². The van der Waals surface area contributed by atoms with E-state index in [1.165, 1.54) is 0 Å². The Morgan fingerprint density at radius 2 is 1.80 bits per heavy atom. The van der Waals surface area contributed by atoms with Gasteiger partial charge in [-0.05, 0) is 9.76 Å². The van der Waals surface area contributed by atoms with Gasteiger partial charge in [-0.1, -0.05) is 6.08 Å². The predicted molar refractivity (Wildman–Crippen MR) is 45.8 cm³/mol. The summed E-state index contributed by atoms with van der Waals surface area (Å²) in [5.74, 6) is -0.0558. The molecule has 0 aromatic rings. The van der Waals surface area contributed by atoms with Crippen molar-refractivity contribution in [2.75, 3.05) is 0 Å². The molecule has 0 fully saturated rings. The molecular weight excluding hydrogens is 211 g/mol. The highest BCUT2D eigenvalue weighted by molar-refractivity contribution is 6.53. The standard InChI is InChI=1S/C4H3BN4O6/c10-7(11)4-2-1-3-5(8(12)13)6(4)9(14)15/h1-3H. The monoisotopic (exact) mass is 214 g/mol. The topological polar surface area (TPSA) is 133 Å². The molecule has 0 aromatic carbocycles. The number of nitro groups is 3. The van der Waals surface area contributed by atoms with E-state index < -0.39 is 27.6 Å². The van der Waals surface area contributed by atoms with Crippen LogP contribution in [0.25, 0.3) is 0 Å². The summed E-state index contributed by atoms with van der Waals surface area (Å²) in [6, 6.07) is 0. The van der Waals surface area contributed by atoms with Crippen LogP contribution in [0.3, 0.4) is 0 Å². The lowest BCUT2D eigenvalue weighted by Gasteiger charge is -2.08. The highest BCUT2D eigenvalue weighted by atomic mass is 16.7. The van der Waals surface area contributed by atoms with Crippen molar-refractivity contribution in [1.29, 1.82) is 0 Å². The number of hydrogen-bond donors (Lipinski definition) is 0. The highest BCUT2D eigenvalue weighted by Gasteiger charge is 2.60. The van der Waals surface area contributed by atoms with E-state index in [2.05, 4.69) is 0 Å². The first-order valence-corrected chi connectivity index (χ1v) is 3.55. The minimum absolute atomic E-state index is 0.111. The molecule has 0 N–H and O–H groups in total. The summed E-state index contributed by atoms with van der Waals surface area (Å²) < 4.78 is 0. The fourth-order valence-corrected chi connectivity index (χ4v) is 1.02. The van der Waals surface area contributed by atoms with Crippen LogP contribution in [0.4, 0.5) is 0 Å². The molecule has 11 heteroatoms. The van der Waals surface area contributed by atoms with E-state index >= 15 is 0 Å². The summed E-state index contributed by atoms with van der Waals surface area (Å²) in [5, 5.41) is 30.0. The summed E-state index contributed by atoms with van der Waals surface area (Å²) in [7, 11) is 0. The predicted octanol–water partition coefficient (Wildman–Crippen LogP) is -0.528. The maximum atomic E-state index is 10.4. The highest BCUT2D eigenvalue weighted by Crippen LogP contribution is 2.14. The molecule has 1 heterocycles. The van der Waals surface area contributed by atoms with Gasteiger partial charge in [-0.15, -0.1) is 0 Å². The van der Waals surface area contributed by atoms with Gasteiger partial charge in [-0.2, -0.15) is 0 Å². The third kappa shape index (κ3) is 1.90. The zero-order chi connectivity index (χ0) is 11.6. The Bertz CT molecular complexity index is 391. The van der Waals surface area contributed by atoms with Crippen LogP contribution < -0.4 is 0 Å². The van der Waals surface area contributed by atoms with Gasteiger partial charge in [0.25, 0.3) is 0 Å². The van der Waals surface area contributed by atoms with Crippen LogP contribution in [0.15, 0.2) is 23.9 Å². The fourth-order valence-electron chi connectivity index (χ4n) is 1.02. The normalized spacial score (nSPS) is 14.8. The van der Waals surface area contributed by atoms with Gasteiger partial charge in [0.2, 0.25) is 5.03 Å². The molecule has 0 bridgehead atoms. The summed E-state index contributed by atoms with van der Waals surface area (Å²) >= 11 is 0. The lowest BCUT2D eigenvalue weighted by Crippen LogP contribution is -2.49. The lowest BCUT2D eigenvalue weighted by atomic mass is 9.75. The molecule has 0 radical (unpaired) electrons. The molecule has 15 heavy (non-hydrogen) atoms. The fraction of sp³-hybridized carbons (Fsp3) is 0. The molecule has 0 unspecified atom stereocenters. The quantitative estimate of drug-likeness (QED) is 0.350. The molecule has 0 aliphatic carbocycles. The van der Waals surface area contributed by atoms with Gasteiger partial charge in [-0.3, -0.25) is 10.1 Å². The molecule has 1 rings (SSSR count). The van der Waals surface area contributed by atoms with Crippen LogP contribution in [0.5, 0.6) is 0 Å². The Balaban J connectivity index is 3.14. The molecule has 1 aliphatic heterocycles. The summed E-state index contributed by atoms with van der Waals surface area (Å²) in [6.07, 6.45) is 1.86. The van der Waals surface area contributed by atoms with E-state index in [0.29, 0.717) is 0 Å². The van der Waals surface area contributed by atoms with Gasteiger partial charge in [0.1, 0.15) is 0 Å². The van der Waals surface area contributed by atoms with Gasteiger partial charge in [0.05, 0.1) is 4.92 Å². The Kier molecular flexibility index (Phi) is 2.64. The largest absolute Gasteiger partial charge is 0.877 e. The minimum Gasteiger partial charge on any atom is -0.358 e. The van der Waals surface area contributed by atoms with Crippen molar-refractivity contribution in [2.24, 2.45) is 0 Å². The zero-order valence-electron chi connectivity index (χ0n) is 7.05. The van der Waals surface area contributed by atoms with Crippen LogP contribution >= 0.6 is 0 Å². The molecule has 78 valence electrons. The van der Waals surface area contributed by atoms with Crippen molar-refractivity contribution < 1.29 is 14.8 Å². The van der Waals surface area contributed by atoms with Crippen LogP contribution in [-0.2, 0) is 0 Å². The second-order valence-corrected chi connectivity index (χ2v) is 2.45. The van der Waals surface area contributed by atoms with E-state index in [-0.39, 0.29) is 4.92 Å². The smallest absolute Gasteiger partial charge is 0.358 e. The summed E-state index contributed by atoms with van der Waals surface area (Å²) in [4.78, 5) is 29.0. The van der Waals surface area contributed by atoms with Crippen LogP contribution in [0.2, 0.25) is 0 Å². The van der Waals surface area contributed by atoms with Crippen molar-refractivity contribution in [2.45, 2.75) is 0 Å². The average Bonchev–Trinajstić information content (AvgIpc) is 2.16. The van der Waals surface area contributed by atoms with Gasteiger partial charge in [-0.25, -0.2) is 10.1 Å². The third-order valence-corrected chi connectivity index (χ3v) is 1.59. The molecular formula is C4H3BN4O6. The van der Waals surface area contributed by atoms with Gasteiger partial charge < -0.3 is 10.1 Å². The average molecular weight is 214 g/mol. The van der Waals surface area contributed by atoms with E-state index in [0.717, 1.165) is 18.1 Å². The Morgan fingerprint density at radius 1 is 1.20 bits per heavy atom. The number of allylic oxidation sites excluding steroid dienone is 2. The van der Waals surface area contributed by atoms with Crippen molar-refractivity contribution in [1.82, 2.24) is 4.92 Å². The van der Waals surface area contributed by atoms with Gasteiger partial charge in [0.15, 0.2) is 0 Å². The molecule has 0 aromatic heterocycles. The first kappa shape index (κ1) is 10.6. The van der Waals surface area contributed by atoms with Crippen LogP contribution in [0.1, 0.15) is 0 Å². The number of hydrogen-bond acceptors (Lipinski definition) is 6. The second-order valence-electron chi connectivity index (χ2n) is 2.45. The molecule has 1 aliphatic rings. The molecule has 0 spiro atoms. The maximum Gasteiger partial charge on any atom is 0.877 e. The molecule has 0 atom stereocenters. The van der Waals surface area contributed by atoms with Crippen molar-refractivity contribution >= 4 is 6.98 Å². The first-order chi connectivity index (χ1) is 6.95. The SMILES string of the molecule is O=[N+]([O-])B1C=CC=C([N+](=O)[O-])N1[N+](=O)[O-]. The van der Waals surface area contributed by atoms with E-state index in [1.807, 2.05) is 0 Å². The number of nitrogens with zero attached hydrogens (tertiary/aromatic N) is 4. The summed E-state index contributed by atoms with van der Waals surface area (Å²) in [6.45, 7) is -1.86. The van der Waals surface area contributed by atoms with Gasteiger partial charge in [0, 0.05) is 12.1 Å². The van der Waals surface area contributed by atoms with E-state index in [9.17, 15) is 30.3 Å². The second kappa shape index (κ2) is 3.73. The molecule has 10 nitrogen and oxygen atoms in total. The zero-order valence-corrected chi connectivity index (χ0v) is 7.05. The Labute approximate surface area is 82.0 Å². The van der Waals surface area contributed by atoms with Crippen molar-refractivity contribution in [3.8, 4) is 0 Å². The Morgan fingerprint density at radius 3 is 2.20 bits per heavy atom. The Hall–Kier alpha value is -2.46. The third-order valence-electron chi connectivity index (χ3n) is 1.59. The lowest BCUT2D eigenvalue weighted by molar-refractivity contribution is -0.661. The molecule has 0 saturated heterocycles. The van der Waals surface area contributed by atoms with Crippen LogP contribution in [0, 0.1) is 30.3 Å². The van der Waals surface area contributed by atoms with Crippen molar-refractivity contribution in [3.63, 3.8) is 0 Å². The van der Waals surface area contributed by atoms with Crippen LogP contribution in [-0.4, -0.2) is 26.7 Å². The summed E-state index contributed by atoms with van der Waals surface area (Å²) in [5.41, 5.74) is 0. The molecule has 0 saturated carbocycles. The first-order valence-electron chi connectivity index (χ1n) is 3.55. The minimum atomic E-state index is -1.86. The number of rotatable bonds is 3. The van der Waals surface area contributed by atoms with Gasteiger partial charge >= 0.3 is 12.8 Å². The maximum absolute atomic E-state index is 10.4. The van der Waals surface area contributed by atoms with Crippen molar-refractivity contribution in [3.05, 3.63) is 54.3 Å².